The summed E-state index contributed by atoms with van der Waals surface area (Å²) < 4.78 is 47.1. The van der Waals surface area contributed by atoms with Gasteiger partial charge in [-0.1, -0.05) is 26.0 Å². The van der Waals surface area contributed by atoms with Crippen LogP contribution in [0.5, 0.6) is 5.75 Å². The van der Waals surface area contributed by atoms with Gasteiger partial charge in [-0.05, 0) is 18.6 Å². The van der Waals surface area contributed by atoms with Crippen molar-refractivity contribution in [1.29, 1.82) is 0 Å². The Bertz CT molecular complexity index is 530. The van der Waals surface area contributed by atoms with Crippen LogP contribution in [-0.4, -0.2) is 25.1 Å². The largest absolute Gasteiger partial charge is 0.573 e. The van der Waals surface area contributed by atoms with Crippen LogP contribution < -0.4 is 10.1 Å². The average Bonchev–Trinajstić information content (AvgIpc) is 2.82. The fourth-order valence-corrected chi connectivity index (χ4v) is 3.58. The summed E-state index contributed by atoms with van der Waals surface area (Å²) in [5, 5.41) is 3.23. The summed E-state index contributed by atoms with van der Waals surface area (Å²) in [6.45, 7) is 4.87. The Morgan fingerprint density at radius 1 is 1.29 bits per heavy atom. The highest BCUT2D eigenvalue weighted by atomic mass is 19.4. The second-order valence-corrected chi connectivity index (χ2v) is 6.23. The van der Waals surface area contributed by atoms with Crippen LogP contribution in [0.25, 0.3) is 0 Å². The lowest BCUT2D eigenvalue weighted by Gasteiger charge is -2.55. The van der Waals surface area contributed by atoms with Crippen molar-refractivity contribution in [2.24, 2.45) is 11.3 Å². The molecule has 3 unspecified atom stereocenters. The molecule has 21 heavy (non-hydrogen) atoms. The van der Waals surface area contributed by atoms with E-state index in [9.17, 15) is 13.2 Å². The number of anilines is 1. The lowest BCUT2D eigenvalue weighted by atomic mass is 9.57. The minimum absolute atomic E-state index is 0.0861. The Balaban J connectivity index is 1.79. The third kappa shape index (κ3) is 2.57. The van der Waals surface area contributed by atoms with E-state index in [0.717, 1.165) is 13.0 Å². The number of alkyl halides is 3. The maximum Gasteiger partial charge on any atom is 0.573 e. The maximum atomic E-state index is 12.5. The van der Waals surface area contributed by atoms with E-state index in [-0.39, 0.29) is 23.3 Å². The van der Waals surface area contributed by atoms with E-state index >= 15 is 0 Å². The van der Waals surface area contributed by atoms with E-state index in [1.165, 1.54) is 12.1 Å². The van der Waals surface area contributed by atoms with Gasteiger partial charge >= 0.3 is 6.36 Å². The van der Waals surface area contributed by atoms with Crippen LogP contribution in [-0.2, 0) is 4.74 Å². The normalized spacial score (nSPS) is 30.4. The molecule has 6 heteroatoms. The summed E-state index contributed by atoms with van der Waals surface area (Å²) >= 11 is 0. The Morgan fingerprint density at radius 2 is 2.00 bits per heavy atom. The molecule has 3 rings (SSSR count). The third-order valence-corrected chi connectivity index (χ3v) is 4.52. The summed E-state index contributed by atoms with van der Waals surface area (Å²) in [6.07, 6.45) is -3.56. The number of nitrogens with one attached hydrogen (secondary N) is 1. The van der Waals surface area contributed by atoms with Crippen molar-refractivity contribution in [3.05, 3.63) is 24.3 Å². The van der Waals surface area contributed by atoms with Gasteiger partial charge in [-0.25, -0.2) is 0 Å². The highest BCUT2D eigenvalue weighted by Crippen LogP contribution is 2.53. The number of ether oxygens (including phenoxy) is 2. The van der Waals surface area contributed by atoms with Crippen molar-refractivity contribution >= 4 is 5.69 Å². The van der Waals surface area contributed by atoms with E-state index in [1.807, 2.05) is 0 Å². The molecule has 0 amide bonds. The number of fused-ring (bicyclic) bond motifs is 1. The minimum Gasteiger partial charge on any atom is -0.404 e. The number of halogens is 3. The van der Waals surface area contributed by atoms with Gasteiger partial charge in [0.05, 0.1) is 11.8 Å². The van der Waals surface area contributed by atoms with Crippen LogP contribution in [0.15, 0.2) is 24.3 Å². The summed E-state index contributed by atoms with van der Waals surface area (Å²) in [6, 6.07) is 6.24. The fourth-order valence-electron chi connectivity index (χ4n) is 3.58. The number of hydrogen-bond donors (Lipinski definition) is 1. The lowest BCUT2D eigenvalue weighted by Crippen LogP contribution is -2.63. The molecule has 1 saturated heterocycles. The van der Waals surface area contributed by atoms with Gasteiger partial charge in [0.2, 0.25) is 0 Å². The predicted octanol–water partition coefficient (Wildman–Crippen LogP) is 3.81. The van der Waals surface area contributed by atoms with Gasteiger partial charge in [-0.2, -0.15) is 0 Å². The third-order valence-electron chi connectivity index (χ3n) is 4.52. The molecule has 116 valence electrons. The average molecular weight is 301 g/mol. The molecule has 3 nitrogen and oxygen atoms in total. The van der Waals surface area contributed by atoms with Crippen LogP contribution in [0, 0.1) is 11.3 Å². The fraction of sp³-hybridized carbons (Fsp3) is 0.600. The molecule has 3 atom stereocenters. The minimum atomic E-state index is -4.69. The SMILES string of the molecule is CC1(C)C(Nc2ccccc2OC(F)(F)F)C2CCOC21. The number of hydrogen-bond acceptors (Lipinski definition) is 3. The number of para-hydroxylation sites is 2. The standard InChI is InChI=1S/C15H18F3NO2/c1-14(2)12(9-7-8-20-13(9)14)19-10-5-3-4-6-11(10)21-15(16,17)18/h3-6,9,12-13,19H,7-8H2,1-2H3. The topological polar surface area (TPSA) is 30.5 Å². The van der Waals surface area contributed by atoms with Gasteiger partial charge in [0.15, 0.2) is 5.75 Å². The van der Waals surface area contributed by atoms with Crippen molar-refractivity contribution in [2.45, 2.75) is 38.8 Å². The van der Waals surface area contributed by atoms with Crippen molar-refractivity contribution in [3.63, 3.8) is 0 Å². The summed E-state index contributed by atoms with van der Waals surface area (Å²) in [5.41, 5.74) is 0.269. The zero-order valence-electron chi connectivity index (χ0n) is 11.9. The Hall–Kier alpha value is -1.43. The Morgan fingerprint density at radius 3 is 2.71 bits per heavy atom. The van der Waals surface area contributed by atoms with Gasteiger partial charge in [-0.3, -0.25) is 0 Å². The molecule has 0 bridgehead atoms. The molecule has 0 radical (unpaired) electrons. The van der Waals surface area contributed by atoms with Crippen LogP contribution in [0.1, 0.15) is 20.3 Å². The number of rotatable bonds is 3. The summed E-state index contributed by atoms with van der Waals surface area (Å²) in [4.78, 5) is 0. The number of benzene rings is 1. The lowest BCUT2D eigenvalue weighted by molar-refractivity contribution is -0.274. The molecule has 1 heterocycles. The van der Waals surface area contributed by atoms with Crippen molar-refractivity contribution in [3.8, 4) is 5.75 Å². The monoisotopic (exact) mass is 301 g/mol. The smallest absolute Gasteiger partial charge is 0.404 e. The molecule has 1 N–H and O–H groups in total. The Kier molecular flexibility index (Phi) is 3.31. The first-order chi connectivity index (χ1) is 9.79. The van der Waals surface area contributed by atoms with E-state index in [4.69, 9.17) is 4.74 Å². The van der Waals surface area contributed by atoms with Crippen molar-refractivity contribution in [1.82, 2.24) is 0 Å². The first-order valence-electron chi connectivity index (χ1n) is 7.02. The van der Waals surface area contributed by atoms with Crippen molar-refractivity contribution in [2.75, 3.05) is 11.9 Å². The van der Waals surface area contributed by atoms with Crippen LogP contribution in [0.4, 0.5) is 18.9 Å². The summed E-state index contributed by atoms with van der Waals surface area (Å²) in [5.74, 6) is 0.155. The van der Waals surface area contributed by atoms with E-state index in [1.54, 1.807) is 12.1 Å². The van der Waals surface area contributed by atoms with Crippen LogP contribution in [0.2, 0.25) is 0 Å². The van der Waals surface area contributed by atoms with E-state index < -0.39 is 6.36 Å². The molecule has 1 saturated carbocycles. The molecule has 2 fully saturated rings. The van der Waals surface area contributed by atoms with Gasteiger partial charge in [0, 0.05) is 24.0 Å². The second kappa shape index (κ2) is 4.80. The molecule has 1 aliphatic carbocycles. The highest BCUT2D eigenvalue weighted by molar-refractivity contribution is 5.57. The molecule has 0 aromatic heterocycles. The molecule has 0 spiro atoms. The highest BCUT2D eigenvalue weighted by Gasteiger charge is 2.59. The van der Waals surface area contributed by atoms with Crippen LogP contribution >= 0.6 is 0 Å². The zero-order chi connectivity index (χ0) is 15.3. The first kappa shape index (κ1) is 14.5. The first-order valence-corrected chi connectivity index (χ1v) is 7.02. The summed E-state index contributed by atoms with van der Waals surface area (Å²) in [7, 11) is 0. The van der Waals surface area contributed by atoms with Gasteiger partial charge in [0.1, 0.15) is 0 Å². The van der Waals surface area contributed by atoms with Gasteiger partial charge in [-0.15, -0.1) is 13.2 Å². The predicted molar refractivity (Wildman–Crippen MR) is 72.2 cm³/mol. The van der Waals surface area contributed by atoms with Crippen molar-refractivity contribution < 1.29 is 22.6 Å². The second-order valence-electron chi connectivity index (χ2n) is 6.23. The van der Waals surface area contributed by atoms with Gasteiger partial charge in [0.25, 0.3) is 0 Å². The molecule has 1 aromatic rings. The maximum absolute atomic E-state index is 12.5. The van der Waals surface area contributed by atoms with Gasteiger partial charge < -0.3 is 14.8 Å². The zero-order valence-corrected chi connectivity index (χ0v) is 11.9. The molecular formula is C15H18F3NO2. The molecule has 2 aliphatic rings. The quantitative estimate of drug-likeness (QED) is 0.921. The molecule has 1 aromatic carbocycles. The van der Waals surface area contributed by atoms with E-state index in [0.29, 0.717) is 11.6 Å². The molecular weight excluding hydrogens is 283 g/mol. The molecule has 1 aliphatic heterocycles. The van der Waals surface area contributed by atoms with Crippen LogP contribution in [0.3, 0.4) is 0 Å². The van der Waals surface area contributed by atoms with E-state index in [2.05, 4.69) is 23.9 Å². The Labute approximate surface area is 121 Å².